The van der Waals surface area contributed by atoms with Crippen LogP contribution in [0, 0.1) is 17.2 Å². The van der Waals surface area contributed by atoms with Gasteiger partial charge in [-0.15, -0.1) is 0 Å². The number of nitrogens with zero attached hydrogens (tertiary/aromatic N) is 2. The third kappa shape index (κ3) is 3.17. The summed E-state index contributed by atoms with van der Waals surface area (Å²) in [5, 5.41) is 11.9. The molecular formula is C16H21N3O. The average molecular weight is 271 g/mol. The fourth-order valence-electron chi connectivity index (χ4n) is 2.64. The van der Waals surface area contributed by atoms with Crippen molar-refractivity contribution in [1.82, 2.24) is 4.90 Å². The van der Waals surface area contributed by atoms with Crippen molar-refractivity contribution < 1.29 is 4.79 Å². The molecule has 2 unspecified atom stereocenters. The van der Waals surface area contributed by atoms with E-state index in [2.05, 4.69) is 23.2 Å². The zero-order valence-electron chi connectivity index (χ0n) is 12.1. The summed E-state index contributed by atoms with van der Waals surface area (Å²) in [7, 11) is 0. The molecule has 0 saturated carbocycles. The highest BCUT2D eigenvalue weighted by atomic mass is 16.2. The van der Waals surface area contributed by atoms with Gasteiger partial charge in [0.15, 0.2) is 0 Å². The lowest BCUT2D eigenvalue weighted by Crippen LogP contribution is -2.40. The zero-order valence-corrected chi connectivity index (χ0v) is 12.1. The predicted molar refractivity (Wildman–Crippen MR) is 79.2 cm³/mol. The van der Waals surface area contributed by atoms with Crippen LogP contribution < -0.4 is 5.32 Å². The van der Waals surface area contributed by atoms with Crippen molar-refractivity contribution in [3.63, 3.8) is 0 Å². The molecule has 106 valence electrons. The summed E-state index contributed by atoms with van der Waals surface area (Å²) in [4.78, 5) is 14.5. The molecule has 1 saturated heterocycles. The number of hydrogen-bond donors (Lipinski definition) is 1. The van der Waals surface area contributed by atoms with E-state index in [1.807, 2.05) is 13.0 Å². The first-order valence-corrected chi connectivity index (χ1v) is 7.19. The molecule has 0 radical (unpaired) electrons. The number of hydrogen-bond acceptors (Lipinski definition) is 3. The lowest BCUT2D eigenvalue weighted by molar-refractivity contribution is -0.120. The van der Waals surface area contributed by atoms with Gasteiger partial charge in [0.05, 0.1) is 17.3 Å². The van der Waals surface area contributed by atoms with E-state index < -0.39 is 0 Å². The van der Waals surface area contributed by atoms with Crippen LogP contribution in [0.4, 0.5) is 5.69 Å². The largest absolute Gasteiger partial charge is 0.324 e. The van der Waals surface area contributed by atoms with Gasteiger partial charge in [-0.3, -0.25) is 9.69 Å². The van der Waals surface area contributed by atoms with Crippen molar-refractivity contribution in [1.29, 1.82) is 5.26 Å². The first-order valence-electron chi connectivity index (χ1n) is 7.19. The number of benzene rings is 1. The van der Waals surface area contributed by atoms with Crippen molar-refractivity contribution in [2.75, 3.05) is 18.4 Å². The van der Waals surface area contributed by atoms with E-state index in [0.717, 1.165) is 13.1 Å². The van der Waals surface area contributed by atoms with Gasteiger partial charge in [-0.1, -0.05) is 25.5 Å². The highest BCUT2D eigenvalue weighted by molar-refractivity contribution is 5.95. The first-order chi connectivity index (χ1) is 9.65. The molecule has 4 nitrogen and oxygen atoms in total. The van der Waals surface area contributed by atoms with Gasteiger partial charge < -0.3 is 5.32 Å². The Hall–Kier alpha value is -1.86. The Labute approximate surface area is 120 Å². The monoisotopic (exact) mass is 271 g/mol. The molecule has 1 aliphatic rings. The molecule has 1 fully saturated rings. The lowest BCUT2D eigenvalue weighted by atomic mass is 10.1. The van der Waals surface area contributed by atoms with Gasteiger partial charge >= 0.3 is 0 Å². The normalized spacial score (nSPS) is 20.4. The Morgan fingerprint density at radius 2 is 2.30 bits per heavy atom. The van der Waals surface area contributed by atoms with Crippen LogP contribution in [0.15, 0.2) is 24.3 Å². The summed E-state index contributed by atoms with van der Waals surface area (Å²) in [5.41, 5.74) is 1.10. The molecule has 1 aliphatic heterocycles. The van der Waals surface area contributed by atoms with Crippen molar-refractivity contribution in [3.8, 4) is 6.07 Å². The summed E-state index contributed by atoms with van der Waals surface area (Å²) < 4.78 is 0. The standard InChI is InChI=1S/C16H21N3O/c1-3-13-8-9-19(11-13)12(2)16(20)18-15-7-5-4-6-14(15)10-17/h4-7,12-13H,3,8-9,11H2,1-2H3,(H,18,20). The minimum atomic E-state index is -0.154. The molecule has 1 aromatic rings. The number of nitrogens with one attached hydrogen (secondary N) is 1. The van der Waals surface area contributed by atoms with E-state index in [1.54, 1.807) is 18.2 Å². The first kappa shape index (κ1) is 14.5. The molecule has 20 heavy (non-hydrogen) atoms. The molecule has 1 aromatic carbocycles. The smallest absolute Gasteiger partial charge is 0.241 e. The van der Waals surface area contributed by atoms with Gasteiger partial charge in [-0.25, -0.2) is 0 Å². The molecule has 0 bridgehead atoms. The Balaban J connectivity index is 2.00. The number of likely N-dealkylation sites (tertiary alicyclic amines) is 1. The summed E-state index contributed by atoms with van der Waals surface area (Å²) >= 11 is 0. The van der Waals surface area contributed by atoms with E-state index in [0.29, 0.717) is 17.2 Å². The van der Waals surface area contributed by atoms with Crippen molar-refractivity contribution in [2.45, 2.75) is 32.7 Å². The Kier molecular flexibility index (Phi) is 4.75. The van der Waals surface area contributed by atoms with Crippen LogP contribution >= 0.6 is 0 Å². The van der Waals surface area contributed by atoms with Gasteiger partial charge in [-0.2, -0.15) is 5.26 Å². The second kappa shape index (κ2) is 6.53. The van der Waals surface area contributed by atoms with Crippen LogP contribution in [-0.2, 0) is 4.79 Å². The van der Waals surface area contributed by atoms with Gasteiger partial charge in [0.1, 0.15) is 6.07 Å². The molecule has 1 amide bonds. The summed E-state index contributed by atoms with van der Waals surface area (Å²) in [6.45, 7) is 6.10. The third-order valence-electron chi connectivity index (χ3n) is 4.13. The van der Waals surface area contributed by atoms with E-state index in [1.165, 1.54) is 12.8 Å². The zero-order chi connectivity index (χ0) is 14.5. The number of carbonyl (C=O) groups is 1. The van der Waals surface area contributed by atoms with E-state index in [9.17, 15) is 4.79 Å². The number of anilines is 1. The minimum absolute atomic E-state index is 0.0375. The van der Waals surface area contributed by atoms with Crippen LogP contribution in [-0.4, -0.2) is 29.9 Å². The van der Waals surface area contributed by atoms with Crippen molar-refractivity contribution in [3.05, 3.63) is 29.8 Å². The maximum atomic E-state index is 12.3. The predicted octanol–water partition coefficient (Wildman–Crippen LogP) is 2.62. The molecule has 0 aliphatic carbocycles. The molecule has 0 spiro atoms. The van der Waals surface area contributed by atoms with Crippen LogP contribution in [0.25, 0.3) is 0 Å². The van der Waals surface area contributed by atoms with E-state index in [4.69, 9.17) is 5.26 Å². The van der Waals surface area contributed by atoms with Crippen LogP contribution in [0.5, 0.6) is 0 Å². The van der Waals surface area contributed by atoms with Crippen LogP contribution in [0.1, 0.15) is 32.3 Å². The Bertz CT molecular complexity index is 521. The number of carbonyl (C=O) groups excluding carboxylic acids is 1. The molecule has 2 rings (SSSR count). The van der Waals surface area contributed by atoms with E-state index >= 15 is 0 Å². The SMILES string of the molecule is CCC1CCN(C(C)C(=O)Nc2ccccc2C#N)C1. The maximum absolute atomic E-state index is 12.3. The van der Waals surface area contributed by atoms with E-state index in [-0.39, 0.29) is 11.9 Å². The topological polar surface area (TPSA) is 56.1 Å². The highest BCUT2D eigenvalue weighted by Crippen LogP contribution is 2.22. The number of para-hydroxylation sites is 1. The second-order valence-corrected chi connectivity index (χ2v) is 5.38. The molecule has 4 heteroatoms. The molecule has 0 aromatic heterocycles. The van der Waals surface area contributed by atoms with Gasteiger partial charge in [0.2, 0.25) is 5.91 Å². The summed E-state index contributed by atoms with van der Waals surface area (Å²) in [6.07, 6.45) is 2.34. The third-order valence-corrected chi connectivity index (χ3v) is 4.13. The van der Waals surface area contributed by atoms with Crippen molar-refractivity contribution in [2.24, 2.45) is 5.92 Å². The maximum Gasteiger partial charge on any atom is 0.241 e. The second-order valence-electron chi connectivity index (χ2n) is 5.38. The fraction of sp³-hybridized carbons (Fsp3) is 0.500. The quantitative estimate of drug-likeness (QED) is 0.915. The fourth-order valence-corrected chi connectivity index (χ4v) is 2.64. The summed E-state index contributed by atoms with van der Waals surface area (Å²) in [5.74, 6) is 0.668. The van der Waals surface area contributed by atoms with Gasteiger partial charge in [-0.05, 0) is 37.9 Å². The van der Waals surface area contributed by atoms with Gasteiger partial charge in [0, 0.05) is 6.54 Å². The van der Waals surface area contributed by atoms with Crippen LogP contribution in [0.3, 0.4) is 0 Å². The van der Waals surface area contributed by atoms with Crippen molar-refractivity contribution >= 4 is 11.6 Å². The molecular weight excluding hydrogens is 250 g/mol. The lowest BCUT2D eigenvalue weighted by Gasteiger charge is -2.23. The highest BCUT2D eigenvalue weighted by Gasteiger charge is 2.28. The molecule has 1 heterocycles. The Morgan fingerprint density at radius 3 is 2.95 bits per heavy atom. The van der Waals surface area contributed by atoms with Crippen LogP contribution in [0.2, 0.25) is 0 Å². The molecule has 1 N–H and O–H groups in total. The van der Waals surface area contributed by atoms with Gasteiger partial charge in [0.25, 0.3) is 0 Å². The Morgan fingerprint density at radius 1 is 1.55 bits per heavy atom. The summed E-state index contributed by atoms with van der Waals surface area (Å²) in [6, 6.07) is 9.04. The molecule has 2 atom stereocenters. The number of rotatable bonds is 4. The average Bonchev–Trinajstić information content (AvgIpc) is 2.95. The number of nitriles is 1. The number of amides is 1. The minimum Gasteiger partial charge on any atom is -0.324 e.